The molecule has 0 spiro atoms. The maximum atomic E-state index is 5.33. The van der Waals surface area contributed by atoms with E-state index in [-0.39, 0.29) is 0 Å². The molecule has 1 aliphatic carbocycles. The molecule has 2 unspecified atom stereocenters. The minimum Gasteiger partial charge on any atom is -0.497 e. The Hall–Kier alpha value is -0.540. The molecule has 1 N–H and O–H groups in total. The van der Waals surface area contributed by atoms with Crippen LogP contribution in [0.15, 0.2) is 22.7 Å². The van der Waals surface area contributed by atoms with Crippen LogP contribution < -0.4 is 10.1 Å². The number of rotatable bonds is 6. The van der Waals surface area contributed by atoms with Gasteiger partial charge in [0, 0.05) is 10.5 Å². The Morgan fingerprint density at radius 3 is 2.71 bits per heavy atom. The van der Waals surface area contributed by atoms with E-state index in [0.29, 0.717) is 17.4 Å². The molecule has 118 valence electrons. The summed E-state index contributed by atoms with van der Waals surface area (Å²) in [6.07, 6.45) is 5.15. The predicted molar refractivity (Wildman–Crippen MR) is 92.9 cm³/mol. The average molecular weight is 354 g/mol. The molecule has 0 bridgehead atoms. The average Bonchev–Trinajstić information content (AvgIpc) is 2.80. The standard InChI is InChI=1S/C18H28BrNO/c1-5-11-20-17(15-7-6-10-18(15,2)3)14-9-8-13(21-4)12-16(14)19/h8-9,12,15,17,20H,5-7,10-11H2,1-4H3. The van der Waals surface area contributed by atoms with E-state index in [9.17, 15) is 0 Å². The molecule has 2 nitrogen and oxygen atoms in total. The first-order valence-electron chi connectivity index (χ1n) is 8.06. The normalized spacial score (nSPS) is 22.2. The van der Waals surface area contributed by atoms with Crippen molar-refractivity contribution in [1.29, 1.82) is 0 Å². The Balaban J connectivity index is 2.31. The molecule has 2 rings (SSSR count). The molecule has 0 aliphatic heterocycles. The molecular formula is C18H28BrNO. The number of hydrogen-bond acceptors (Lipinski definition) is 2. The summed E-state index contributed by atoms with van der Waals surface area (Å²) in [4.78, 5) is 0. The van der Waals surface area contributed by atoms with E-state index in [1.165, 1.54) is 24.8 Å². The number of hydrogen-bond donors (Lipinski definition) is 1. The second-order valence-electron chi connectivity index (χ2n) is 6.81. The van der Waals surface area contributed by atoms with Crippen molar-refractivity contribution in [3.05, 3.63) is 28.2 Å². The van der Waals surface area contributed by atoms with Crippen molar-refractivity contribution in [3.63, 3.8) is 0 Å². The van der Waals surface area contributed by atoms with Crippen molar-refractivity contribution in [2.24, 2.45) is 11.3 Å². The minimum atomic E-state index is 0.408. The molecule has 0 aromatic heterocycles. The van der Waals surface area contributed by atoms with Gasteiger partial charge >= 0.3 is 0 Å². The first-order chi connectivity index (χ1) is 9.99. The van der Waals surface area contributed by atoms with Gasteiger partial charge in [0.15, 0.2) is 0 Å². The number of ether oxygens (including phenoxy) is 1. The second-order valence-corrected chi connectivity index (χ2v) is 7.66. The van der Waals surface area contributed by atoms with E-state index < -0.39 is 0 Å². The Bertz CT molecular complexity index is 472. The zero-order chi connectivity index (χ0) is 15.5. The molecule has 1 aromatic carbocycles. The number of halogens is 1. The molecule has 1 aliphatic rings. The van der Waals surface area contributed by atoms with Gasteiger partial charge in [-0.2, -0.15) is 0 Å². The van der Waals surface area contributed by atoms with Crippen LogP contribution in [0.4, 0.5) is 0 Å². The van der Waals surface area contributed by atoms with Gasteiger partial charge in [0.2, 0.25) is 0 Å². The molecule has 21 heavy (non-hydrogen) atoms. The van der Waals surface area contributed by atoms with Crippen LogP contribution >= 0.6 is 15.9 Å². The summed E-state index contributed by atoms with van der Waals surface area (Å²) < 4.78 is 6.48. The van der Waals surface area contributed by atoms with Gasteiger partial charge in [0.25, 0.3) is 0 Å². The fourth-order valence-electron chi connectivity index (χ4n) is 3.63. The highest BCUT2D eigenvalue weighted by molar-refractivity contribution is 9.10. The summed E-state index contributed by atoms with van der Waals surface area (Å²) >= 11 is 3.75. The molecular weight excluding hydrogens is 326 g/mol. The quantitative estimate of drug-likeness (QED) is 0.746. The summed E-state index contributed by atoms with van der Waals surface area (Å²) in [7, 11) is 1.72. The van der Waals surface area contributed by atoms with Crippen LogP contribution in [0.5, 0.6) is 5.75 Å². The lowest BCUT2D eigenvalue weighted by molar-refractivity contribution is 0.197. The van der Waals surface area contributed by atoms with E-state index in [0.717, 1.165) is 23.2 Å². The van der Waals surface area contributed by atoms with Gasteiger partial charge in [-0.3, -0.25) is 0 Å². The number of nitrogens with one attached hydrogen (secondary N) is 1. The molecule has 1 fully saturated rings. The van der Waals surface area contributed by atoms with Gasteiger partial charge in [-0.1, -0.05) is 49.2 Å². The van der Waals surface area contributed by atoms with Crippen molar-refractivity contribution < 1.29 is 4.74 Å². The Kier molecular flexibility index (Phi) is 5.73. The molecule has 3 heteroatoms. The second kappa shape index (κ2) is 7.15. The fourth-order valence-corrected chi connectivity index (χ4v) is 4.23. The minimum absolute atomic E-state index is 0.408. The van der Waals surface area contributed by atoms with Crippen molar-refractivity contribution in [1.82, 2.24) is 5.32 Å². The number of benzene rings is 1. The topological polar surface area (TPSA) is 21.3 Å². The van der Waals surface area contributed by atoms with Crippen LogP contribution in [0.25, 0.3) is 0 Å². The van der Waals surface area contributed by atoms with Gasteiger partial charge in [-0.25, -0.2) is 0 Å². The SMILES string of the molecule is CCCNC(c1ccc(OC)cc1Br)C1CCCC1(C)C. The van der Waals surface area contributed by atoms with Crippen molar-refractivity contribution >= 4 is 15.9 Å². The van der Waals surface area contributed by atoms with Gasteiger partial charge in [0.1, 0.15) is 5.75 Å². The van der Waals surface area contributed by atoms with Crippen LogP contribution in [0, 0.1) is 11.3 Å². The zero-order valence-electron chi connectivity index (χ0n) is 13.7. The van der Waals surface area contributed by atoms with Crippen LogP contribution in [0.2, 0.25) is 0 Å². The zero-order valence-corrected chi connectivity index (χ0v) is 15.3. The molecule has 0 saturated heterocycles. The Morgan fingerprint density at radius 1 is 1.43 bits per heavy atom. The lowest BCUT2D eigenvalue weighted by atomic mass is 9.75. The van der Waals surface area contributed by atoms with Crippen LogP contribution in [0.3, 0.4) is 0 Å². The van der Waals surface area contributed by atoms with Gasteiger partial charge in [-0.05, 0) is 54.8 Å². The fraction of sp³-hybridized carbons (Fsp3) is 0.667. The summed E-state index contributed by atoms with van der Waals surface area (Å²) in [5.74, 6) is 1.60. The van der Waals surface area contributed by atoms with E-state index in [4.69, 9.17) is 4.74 Å². The Morgan fingerprint density at radius 2 is 2.19 bits per heavy atom. The van der Waals surface area contributed by atoms with Gasteiger partial charge in [-0.15, -0.1) is 0 Å². The molecule has 0 radical (unpaired) electrons. The smallest absolute Gasteiger partial charge is 0.120 e. The molecule has 0 heterocycles. The first kappa shape index (κ1) is 16.8. The van der Waals surface area contributed by atoms with E-state index in [1.807, 2.05) is 0 Å². The third-order valence-corrected chi connectivity index (χ3v) is 5.59. The third kappa shape index (κ3) is 3.81. The summed E-state index contributed by atoms with van der Waals surface area (Å²) in [5.41, 5.74) is 1.77. The van der Waals surface area contributed by atoms with Gasteiger partial charge < -0.3 is 10.1 Å². The molecule has 1 aromatic rings. The highest BCUT2D eigenvalue weighted by Gasteiger charge is 2.40. The van der Waals surface area contributed by atoms with Crippen molar-refractivity contribution in [2.75, 3.05) is 13.7 Å². The molecule has 0 amide bonds. The van der Waals surface area contributed by atoms with E-state index >= 15 is 0 Å². The molecule has 1 saturated carbocycles. The van der Waals surface area contributed by atoms with E-state index in [1.54, 1.807) is 7.11 Å². The summed E-state index contributed by atoms with van der Waals surface area (Å²) in [6, 6.07) is 6.79. The number of methoxy groups -OCH3 is 1. The lowest BCUT2D eigenvalue weighted by Gasteiger charge is -2.35. The maximum Gasteiger partial charge on any atom is 0.120 e. The van der Waals surface area contributed by atoms with E-state index in [2.05, 4.69) is 60.2 Å². The summed E-state index contributed by atoms with van der Waals surface area (Å²) in [5, 5.41) is 3.79. The Labute approximate surface area is 137 Å². The van der Waals surface area contributed by atoms with Gasteiger partial charge in [0.05, 0.1) is 7.11 Å². The summed E-state index contributed by atoms with van der Waals surface area (Å²) in [6.45, 7) is 8.13. The van der Waals surface area contributed by atoms with Crippen LogP contribution in [-0.4, -0.2) is 13.7 Å². The monoisotopic (exact) mass is 353 g/mol. The van der Waals surface area contributed by atoms with Crippen molar-refractivity contribution in [2.45, 2.75) is 52.5 Å². The first-order valence-corrected chi connectivity index (χ1v) is 8.85. The highest BCUT2D eigenvalue weighted by Crippen LogP contribution is 2.49. The largest absolute Gasteiger partial charge is 0.497 e. The predicted octanol–water partition coefficient (Wildman–Crippen LogP) is 5.32. The van der Waals surface area contributed by atoms with Crippen LogP contribution in [0.1, 0.15) is 58.1 Å². The van der Waals surface area contributed by atoms with Crippen LogP contribution in [-0.2, 0) is 0 Å². The highest BCUT2D eigenvalue weighted by atomic mass is 79.9. The maximum absolute atomic E-state index is 5.33. The molecule has 2 atom stereocenters. The van der Waals surface area contributed by atoms with Crippen molar-refractivity contribution in [3.8, 4) is 5.75 Å². The lowest BCUT2D eigenvalue weighted by Crippen LogP contribution is -2.34. The third-order valence-electron chi connectivity index (χ3n) is 4.90.